The highest BCUT2D eigenvalue weighted by Gasteiger charge is 1.98. The summed E-state index contributed by atoms with van der Waals surface area (Å²) in [5, 5.41) is 9.27. The Morgan fingerprint density at radius 3 is 2.67 bits per heavy atom. The summed E-state index contributed by atoms with van der Waals surface area (Å²) in [4.78, 5) is 0. The van der Waals surface area contributed by atoms with Gasteiger partial charge in [0.1, 0.15) is 5.01 Å². The van der Waals surface area contributed by atoms with Gasteiger partial charge in [0.2, 0.25) is 0 Å². The van der Waals surface area contributed by atoms with Gasteiger partial charge in [-0.15, -0.1) is 10.2 Å². The van der Waals surface area contributed by atoms with Crippen molar-refractivity contribution in [3.05, 3.63) is 5.01 Å². The van der Waals surface area contributed by atoms with Crippen molar-refractivity contribution in [2.75, 3.05) is 7.11 Å². The highest BCUT2D eigenvalue weighted by molar-refractivity contribution is 7.13. The number of methoxy groups -OCH3 is 1. The van der Waals surface area contributed by atoms with Crippen LogP contribution in [0.3, 0.4) is 0 Å². The van der Waals surface area contributed by atoms with E-state index in [-0.39, 0.29) is 0 Å². The molecule has 1 aromatic rings. The van der Waals surface area contributed by atoms with Gasteiger partial charge < -0.3 is 4.74 Å². The normalized spacial score (nSPS) is 9.56. The smallest absolute Gasteiger partial charge is 0.293 e. The second-order valence-corrected chi connectivity index (χ2v) is 2.54. The summed E-state index contributed by atoms with van der Waals surface area (Å²) in [6.45, 7) is 2.04. The average Bonchev–Trinajstić information content (AvgIpc) is 2.34. The Morgan fingerprint density at radius 2 is 2.33 bits per heavy atom. The lowest BCUT2D eigenvalue weighted by Gasteiger charge is -1.83. The lowest BCUT2D eigenvalue weighted by molar-refractivity contribution is 0.407. The summed E-state index contributed by atoms with van der Waals surface area (Å²) < 4.78 is 4.84. The molecule has 0 aliphatic carbocycles. The van der Waals surface area contributed by atoms with Crippen LogP contribution < -0.4 is 4.74 Å². The molecule has 50 valence electrons. The van der Waals surface area contributed by atoms with Gasteiger partial charge in [0, 0.05) is 0 Å². The molecule has 0 amide bonds. The van der Waals surface area contributed by atoms with Crippen molar-refractivity contribution in [1.82, 2.24) is 10.2 Å². The molecule has 0 unspecified atom stereocenters. The summed E-state index contributed by atoms with van der Waals surface area (Å²) in [5.74, 6) is 0. The van der Waals surface area contributed by atoms with E-state index in [1.54, 1.807) is 7.11 Å². The Hall–Kier alpha value is -0.640. The standard InChI is InChI=1S/C5H8N2OS/c1-3-4-6-7-5(8-2)9-4/h3H2,1-2H3. The molecule has 0 aromatic carbocycles. The molecule has 1 aromatic heterocycles. The molecule has 0 radical (unpaired) electrons. The van der Waals surface area contributed by atoms with Gasteiger partial charge in [-0.25, -0.2) is 0 Å². The molecule has 0 aliphatic heterocycles. The molecule has 3 nitrogen and oxygen atoms in total. The number of hydrogen-bond acceptors (Lipinski definition) is 4. The fraction of sp³-hybridized carbons (Fsp3) is 0.600. The summed E-state index contributed by atoms with van der Waals surface area (Å²) >= 11 is 1.49. The van der Waals surface area contributed by atoms with Crippen LogP contribution in [0.2, 0.25) is 0 Å². The molecule has 1 rings (SSSR count). The zero-order valence-electron chi connectivity index (χ0n) is 5.42. The van der Waals surface area contributed by atoms with Gasteiger partial charge >= 0.3 is 0 Å². The Labute approximate surface area is 57.7 Å². The third-order valence-electron chi connectivity index (χ3n) is 0.925. The van der Waals surface area contributed by atoms with E-state index in [1.165, 1.54) is 11.3 Å². The van der Waals surface area contributed by atoms with Crippen molar-refractivity contribution < 1.29 is 4.74 Å². The third-order valence-corrected chi connectivity index (χ3v) is 1.95. The predicted octanol–water partition coefficient (Wildman–Crippen LogP) is 1.11. The van der Waals surface area contributed by atoms with Crippen LogP contribution >= 0.6 is 11.3 Å². The van der Waals surface area contributed by atoms with E-state index >= 15 is 0 Å². The van der Waals surface area contributed by atoms with Crippen molar-refractivity contribution in [3.63, 3.8) is 0 Å². The number of nitrogens with zero attached hydrogens (tertiary/aromatic N) is 2. The van der Waals surface area contributed by atoms with E-state index in [0.717, 1.165) is 11.4 Å². The Morgan fingerprint density at radius 1 is 1.56 bits per heavy atom. The second-order valence-electron chi connectivity index (χ2n) is 1.52. The van der Waals surface area contributed by atoms with Crippen molar-refractivity contribution in [2.45, 2.75) is 13.3 Å². The van der Waals surface area contributed by atoms with Crippen molar-refractivity contribution in [2.24, 2.45) is 0 Å². The second kappa shape index (κ2) is 2.77. The molecule has 0 bridgehead atoms. The van der Waals surface area contributed by atoms with E-state index in [0.29, 0.717) is 5.19 Å². The fourth-order valence-electron chi connectivity index (χ4n) is 0.464. The van der Waals surface area contributed by atoms with E-state index in [4.69, 9.17) is 4.74 Å². The molecule has 0 fully saturated rings. The molecular formula is C5H8N2OS. The first-order valence-corrected chi connectivity index (χ1v) is 3.54. The van der Waals surface area contributed by atoms with E-state index < -0.39 is 0 Å². The SMILES string of the molecule is CCc1nnc(OC)s1. The predicted molar refractivity (Wildman–Crippen MR) is 35.8 cm³/mol. The van der Waals surface area contributed by atoms with E-state index in [9.17, 15) is 0 Å². The monoisotopic (exact) mass is 144 g/mol. The lowest BCUT2D eigenvalue weighted by Crippen LogP contribution is -1.79. The lowest BCUT2D eigenvalue weighted by atomic mass is 10.5. The molecule has 0 N–H and O–H groups in total. The number of aromatic nitrogens is 2. The van der Waals surface area contributed by atoms with Crippen LogP contribution in [0, 0.1) is 0 Å². The first-order valence-electron chi connectivity index (χ1n) is 2.73. The van der Waals surface area contributed by atoms with Crippen LogP contribution in [0.1, 0.15) is 11.9 Å². The quantitative estimate of drug-likeness (QED) is 0.623. The summed E-state index contributed by atoms with van der Waals surface area (Å²) in [5.41, 5.74) is 0. The van der Waals surface area contributed by atoms with Crippen molar-refractivity contribution >= 4 is 11.3 Å². The maximum Gasteiger partial charge on any atom is 0.293 e. The first kappa shape index (κ1) is 6.48. The number of ether oxygens (including phenoxy) is 1. The maximum atomic E-state index is 4.84. The van der Waals surface area contributed by atoms with Gasteiger partial charge in [0.25, 0.3) is 5.19 Å². The molecule has 0 spiro atoms. The van der Waals surface area contributed by atoms with Crippen LogP contribution in [-0.2, 0) is 6.42 Å². The van der Waals surface area contributed by atoms with Gasteiger partial charge in [-0.3, -0.25) is 0 Å². The minimum absolute atomic E-state index is 0.645. The molecule has 0 saturated carbocycles. The molecule has 0 aliphatic rings. The first-order chi connectivity index (χ1) is 4.36. The zero-order chi connectivity index (χ0) is 6.69. The van der Waals surface area contributed by atoms with E-state index in [2.05, 4.69) is 10.2 Å². The summed E-state index contributed by atoms with van der Waals surface area (Å²) in [6, 6.07) is 0. The molecular weight excluding hydrogens is 136 g/mol. The Bertz CT molecular complexity index is 168. The maximum absolute atomic E-state index is 4.84. The van der Waals surface area contributed by atoms with Crippen molar-refractivity contribution in [1.29, 1.82) is 0 Å². The van der Waals surface area contributed by atoms with Gasteiger partial charge in [-0.2, -0.15) is 0 Å². The number of aryl methyl sites for hydroxylation is 1. The molecule has 9 heavy (non-hydrogen) atoms. The number of hydrogen-bond donors (Lipinski definition) is 0. The fourth-order valence-corrected chi connectivity index (χ4v) is 1.06. The largest absolute Gasteiger partial charge is 0.472 e. The summed E-state index contributed by atoms with van der Waals surface area (Å²) in [7, 11) is 1.60. The van der Waals surface area contributed by atoms with Gasteiger partial charge in [0.05, 0.1) is 7.11 Å². The minimum atomic E-state index is 0.645. The highest BCUT2D eigenvalue weighted by Crippen LogP contribution is 2.16. The van der Waals surface area contributed by atoms with Crippen LogP contribution in [-0.4, -0.2) is 17.3 Å². The van der Waals surface area contributed by atoms with Gasteiger partial charge in [-0.05, 0) is 6.42 Å². The highest BCUT2D eigenvalue weighted by atomic mass is 32.1. The topological polar surface area (TPSA) is 35.0 Å². The van der Waals surface area contributed by atoms with Crippen LogP contribution in [0.25, 0.3) is 0 Å². The molecule has 1 heterocycles. The van der Waals surface area contributed by atoms with E-state index in [1.807, 2.05) is 6.92 Å². The van der Waals surface area contributed by atoms with Gasteiger partial charge in [-0.1, -0.05) is 18.3 Å². The van der Waals surface area contributed by atoms with Crippen LogP contribution in [0.5, 0.6) is 5.19 Å². The number of rotatable bonds is 2. The average molecular weight is 144 g/mol. The molecule has 0 saturated heterocycles. The Balaban J connectivity index is 2.74. The summed E-state index contributed by atoms with van der Waals surface area (Å²) in [6.07, 6.45) is 0.932. The minimum Gasteiger partial charge on any atom is -0.472 e. The van der Waals surface area contributed by atoms with Crippen LogP contribution in [0.15, 0.2) is 0 Å². The molecule has 4 heteroatoms. The molecule has 0 atom stereocenters. The third kappa shape index (κ3) is 1.38. The zero-order valence-corrected chi connectivity index (χ0v) is 6.23. The van der Waals surface area contributed by atoms with Crippen LogP contribution in [0.4, 0.5) is 0 Å². The van der Waals surface area contributed by atoms with Gasteiger partial charge in [0.15, 0.2) is 0 Å². The van der Waals surface area contributed by atoms with Crippen molar-refractivity contribution in [3.8, 4) is 5.19 Å². The Kier molecular flexibility index (Phi) is 2.00.